The van der Waals surface area contributed by atoms with Gasteiger partial charge in [0.2, 0.25) is 5.91 Å². The first-order valence-corrected chi connectivity index (χ1v) is 6.67. The summed E-state index contributed by atoms with van der Waals surface area (Å²) in [5.41, 5.74) is 0. The number of carbonyl (C=O) groups is 2. The highest BCUT2D eigenvalue weighted by atomic mass is 16.2. The molecule has 2 N–H and O–H groups in total. The van der Waals surface area contributed by atoms with Crippen LogP contribution in [0.4, 0.5) is 4.79 Å². The van der Waals surface area contributed by atoms with Gasteiger partial charge in [0.25, 0.3) is 0 Å². The molecule has 1 atom stereocenters. The lowest BCUT2D eigenvalue weighted by Gasteiger charge is -2.18. The van der Waals surface area contributed by atoms with E-state index in [1.165, 1.54) is 4.90 Å². The quantitative estimate of drug-likeness (QED) is 0.803. The van der Waals surface area contributed by atoms with Gasteiger partial charge in [-0.05, 0) is 6.42 Å². The van der Waals surface area contributed by atoms with Crippen LogP contribution in [0.2, 0.25) is 0 Å². The first-order valence-electron chi connectivity index (χ1n) is 6.67. The average molecular weight is 281 g/mol. The van der Waals surface area contributed by atoms with Crippen LogP contribution < -0.4 is 10.6 Å². The zero-order chi connectivity index (χ0) is 15.1. The van der Waals surface area contributed by atoms with E-state index in [1.54, 1.807) is 20.3 Å². The molecule has 7 nitrogen and oxygen atoms in total. The molecular formula is C13H23N5O2. The maximum absolute atomic E-state index is 11.9. The predicted octanol–water partition coefficient (Wildman–Crippen LogP) is 0.649. The molecule has 1 aromatic heterocycles. The molecular weight excluding hydrogens is 258 g/mol. The minimum absolute atomic E-state index is 0.0400. The summed E-state index contributed by atoms with van der Waals surface area (Å²) >= 11 is 0. The molecule has 0 aliphatic heterocycles. The zero-order valence-corrected chi connectivity index (χ0v) is 12.5. The van der Waals surface area contributed by atoms with Gasteiger partial charge < -0.3 is 20.1 Å². The Morgan fingerprint density at radius 2 is 2.15 bits per heavy atom. The van der Waals surface area contributed by atoms with Gasteiger partial charge in [-0.2, -0.15) is 0 Å². The Bertz CT molecular complexity index is 455. The van der Waals surface area contributed by atoms with E-state index in [0.717, 1.165) is 18.7 Å². The van der Waals surface area contributed by atoms with E-state index in [1.807, 2.05) is 17.8 Å². The second-order valence-electron chi connectivity index (χ2n) is 4.86. The number of amides is 3. The van der Waals surface area contributed by atoms with Crippen molar-refractivity contribution in [2.75, 3.05) is 20.6 Å². The van der Waals surface area contributed by atoms with Crippen molar-refractivity contribution >= 4 is 11.9 Å². The number of urea groups is 1. The summed E-state index contributed by atoms with van der Waals surface area (Å²) in [4.78, 5) is 28.9. The van der Waals surface area contributed by atoms with E-state index in [-0.39, 0.29) is 24.5 Å². The van der Waals surface area contributed by atoms with Crippen molar-refractivity contribution in [1.82, 2.24) is 25.1 Å². The fourth-order valence-corrected chi connectivity index (χ4v) is 1.83. The van der Waals surface area contributed by atoms with Crippen LogP contribution >= 0.6 is 0 Å². The van der Waals surface area contributed by atoms with Crippen LogP contribution in [0, 0.1) is 0 Å². The van der Waals surface area contributed by atoms with Crippen molar-refractivity contribution in [3.8, 4) is 0 Å². The number of nitrogens with zero attached hydrogens (tertiary/aromatic N) is 3. The van der Waals surface area contributed by atoms with Crippen molar-refractivity contribution in [3.63, 3.8) is 0 Å². The van der Waals surface area contributed by atoms with Crippen molar-refractivity contribution in [2.24, 2.45) is 7.05 Å². The highest BCUT2D eigenvalue weighted by Gasteiger charge is 2.18. The number of hydrogen-bond donors (Lipinski definition) is 2. The fraction of sp³-hybridized carbons (Fsp3) is 0.615. The molecule has 1 unspecified atom stereocenters. The molecule has 112 valence electrons. The third-order valence-electron chi connectivity index (χ3n) is 2.89. The number of aromatic nitrogens is 2. The lowest BCUT2D eigenvalue weighted by atomic mass is 10.1. The molecule has 0 fully saturated rings. The molecule has 1 aromatic rings. The molecule has 0 aliphatic carbocycles. The number of imidazole rings is 1. The van der Waals surface area contributed by atoms with E-state index in [2.05, 4.69) is 22.5 Å². The molecule has 0 spiro atoms. The summed E-state index contributed by atoms with van der Waals surface area (Å²) in [5, 5.41) is 5.44. The van der Waals surface area contributed by atoms with Crippen molar-refractivity contribution < 1.29 is 9.59 Å². The lowest BCUT2D eigenvalue weighted by molar-refractivity contribution is -0.121. The van der Waals surface area contributed by atoms with Crippen LogP contribution in [0.1, 0.15) is 31.6 Å². The number of aryl methyl sites for hydroxylation is 1. The molecule has 0 aromatic carbocycles. The van der Waals surface area contributed by atoms with Gasteiger partial charge in [0.05, 0.1) is 12.6 Å². The normalized spacial score (nSPS) is 11.8. The Kier molecular flexibility index (Phi) is 6.02. The smallest absolute Gasteiger partial charge is 0.317 e. The molecule has 0 saturated heterocycles. The van der Waals surface area contributed by atoms with E-state index in [4.69, 9.17) is 0 Å². The average Bonchev–Trinajstić information content (AvgIpc) is 2.81. The van der Waals surface area contributed by atoms with Crippen molar-refractivity contribution in [1.29, 1.82) is 0 Å². The van der Waals surface area contributed by atoms with Gasteiger partial charge in [0.1, 0.15) is 5.82 Å². The topological polar surface area (TPSA) is 79.3 Å². The minimum Gasteiger partial charge on any atom is -0.345 e. The van der Waals surface area contributed by atoms with E-state index in [0.29, 0.717) is 0 Å². The third-order valence-corrected chi connectivity index (χ3v) is 2.89. The Morgan fingerprint density at radius 3 is 2.65 bits per heavy atom. The highest BCUT2D eigenvalue weighted by molar-refractivity contribution is 5.83. The van der Waals surface area contributed by atoms with Gasteiger partial charge in [-0.1, -0.05) is 13.3 Å². The highest BCUT2D eigenvalue weighted by Crippen LogP contribution is 2.15. The van der Waals surface area contributed by atoms with Crippen molar-refractivity contribution in [2.45, 2.75) is 25.8 Å². The summed E-state index contributed by atoms with van der Waals surface area (Å²) in [7, 11) is 5.15. The van der Waals surface area contributed by atoms with Gasteiger partial charge in [-0.3, -0.25) is 4.79 Å². The van der Waals surface area contributed by atoms with E-state index in [9.17, 15) is 9.59 Å². The van der Waals surface area contributed by atoms with E-state index >= 15 is 0 Å². The summed E-state index contributed by atoms with van der Waals surface area (Å²) in [6.07, 6.45) is 5.29. The van der Waals surface area contributed by atoms with Crippen LogP contribution in [-0.4, -0.2) is 47.0 Å². The lowest BCUT2D eigenvalue weighted by Crippen LogP contribution is -2.42. The van der Waals surface area contributed by atoms with Gasteiger partial charge >= 0.3 is 6.03 Å². The second kappa shape index (κ2) is 7.52. The van der Waals surface area contributed by atoms with Gasteiger partial charge in [-0.25, -0.2) is 9.78 Å². The molecule has 0 bridgehead atoms. The summed E-state index contributed by atoms with van der Waals surface area (Å²) < 4.78 is 1.89. The molecule has 0 aliphatic rings. The summed E-state index contributed by atoms with van der Waals surface area (Å²) in [5.74, 6) is 0.598. The van der Waals surface area contributed by atoms with Crippen LogP contribution in [0.3, 0.4) is 0 Å². The standard InChI is InChI=1S/C13H23N5O2/c1-5-6-10(12-14-7-8-18(12)4)16-11(19)9-15-13(20)17(2)3/h7-8,10H,5-6,9H2,1-4H3,(H,15,20)(H,16,19). The zero-order valence-electron chi connectivity index (χ0n) is 12.5. The molecule has 0 saturated carbocycles. The Morgan fingerprint density at radius 1 is 1.45 bits per heavy atom. The Balaban J connectivity index is 2.56. The third kappa shape index (κ3) is 4.56. The number of rotatable bonds is 6. The van der Waals surface area contributed by atoms with Gasteiger partial charge in [-0.15, -0.1) is 0 Å². The number of hydrogen-bond acceptors (Lipinski definition) is 3. The molecule has 3 amide bonds. The molecule has 0 radical (unpaired) electrons. The Labute approximate surface area is 119 Å². The maximum atomic E-state index is 11.9. The number of nitrogens with one attached hydrogen (secondary N) is 2. The van der Waals surface area contributed by atoms with Crippen LogP contribution in [-0.2, 0) is 11.8 Å². The minimum atomic E-state index is -0.288. The number of carbonyl (C=O) groups excluding carboxylic acids is 2. The van der Waals surface area contributed by atoms with Gasteiger partial charge in [0.15, 0.2) is 0 Å². The van der Waals surface area contributed by atoms with Crippen molar-refractivity contribution in [3.05, 3.63) is 18.2 Å². The first kappa shape index (κ1) is 16.0. The molecule has 1 heterocycles. The summed E-state index contributed by atoms with van der Waals surface area (Å²) in [6.45, 7) is 2.01. The SMILES string of the molecule is CCCC(NC(=O)CNC(=O)N(C)C)c1nccn1C. The van der Waals surface area contributed by atoms with E-state index < -0.39 is 0 Å². The van der Waals surface area contributed by atoms with Crippen LogP contribution in [0.5, 0.6) is 0 Å². The predicted molar refractivity (Wildman–Crippen MR) is 76.1 cm³/mol. The first-order chi connectivity index (χ1) is 9.45. The monoisotopic (exact) mass is 281 g/mol. The Hall–Kier alpha value is -2.05. The molecule has 7 heteroatoms. The summed E-state index contributed by atoms with van der Waals surface area (Å²) in [6, 6.07) is -0.423. The van der Waals surface area contributed by atoms with Gasteiger partial charge in [0, 0.05) is 33.5 Å². The largest absolute Gasteiger partial charge is 0.345 e. The second-order valence-corrected chi connectivity index (χ2v) is 4.86. The molecule has 20 heavy (non-hydrogen) atoms. The maximum Gasteiger partial charge on any atom is 0.317 e. The fourth-order valence-electron chi connectivity index (χ4n) is 1.83. The molecule has 1 rings (SSSR count). The van der Waals surface area contributed by atoms with Crippen LogP contribution in [0.15, 0.2) is 12.4 Å². The van der Waals surface area contributed by atoms with Crippen LogP contribution in [0.25, 0.3) is 0 Å².